The van der Waals surface area contributed by atoms with Gasteiger partial charge >= 0.3 is 0 Å². The number of hydrogen-bond acceptors (Lipinski definition) is 8. The summed E-state index contributed by atoms with van der Waals surface area (Å²) in [5.74, 6) is 0.620. The van der Waals surface area contributed by atoms with Gasteiger partial charge in [-0.1, -0.05) is 11.2 Å². The second-order valence-corrected chi connectivity index (χ2v) is 8.71. The molecule has 9 heteroatoms. The molecule has 1 fully saturated rings. The molecule has 1 saturated heterocycles. The normalized spacial score (nSPS) is 14.3. The molecule has 6 rings (SSSR count). The van der Waals surface area contributed by atoms with E-state index in [1.165, 1.54) is 6.26 Å². The number of aromatic nitrogens is 3. The van der Waals surface area contributed by atoms with Gasteiger partial charge in [-0.2, -0.15) is 0 Å². The summed E-state index contributed by atoms with van der Waals surface area (Å²) in [4.78, 5) is 23.2. The van der Waals surface area contributed by atoms with E-state index in [1.54, 1.807) is 24.4 Å². The largest absolute Gasteiger partial charge is 0.459 e. The smallest absolute Gasteiger partial charge is 0.293 e. The first-order valence-electron chi connectivity index (χ1n) is 11.8. The molecule has 5 aromatic rings. The van der Waals surface area contributed by atoms with Gasteiger partial charge in [-0.05, 0) is 67.4 Å². The number of carbonyl (C=O) groups excluding carboxylic acids is 1. The second kappa shape index (κ2) is 9.27. The monoisotopic (exact) mass is 481 g/mol. The molecular formula is C27H23N5O4. The number of nitrogens with one attached hydrogen (secondary N) is 1. The van der Waals surface area contributed by atoms with Crippen LogP contribution in [0.2, 0.25) is 0 Å². The Hall–Kier alpha value is -4.50. The van der Waals surface area contributed by atoms with Crippen molar-refractivity contribution in [3.63, 3.8) is 0 Å². The minimum atomic E-state index is -0.418. The molecule has 3 aromatic heterocycles. The molecule has 0 aliphatic carbocycles. The second-order valence-electron chi connectivity index (χ2n) is 8.71. The number of anilines is 2. The molecular weight excluding hydrogens is 458 g/mol. The quantitative estimate of drug-likeness (QED) is 0.369. The van der Waals surface area contributed by atoms with Gasteiger partial charge < -0.3 is 18.9 Å². The molecule has 0 saturated carbocycles. The summed E-state index contributed by atoms with van der Waals surface area (Å²) in [5, 5.41) is 17.5. The maximum atomic E-state index is 12.3. The Morgan fingerprint density at radius 1 is 1.03 bits per heavy atom. The van der Waals surface area contributed by atoms with E-state index in [2.05, 4.69) is 37.5 Å². The van der Waals surface area contributed by atoms with Gasteiger partial charge in [0.2, 0.25) is 5.95 Å². The highest BCUT2D eigenvalue weighted by molar-refractivity contribution is 6.01. The van der Waals surface area contributed by atoms with Crippen LogP contribution in [0.4, 0.5) is 11.6 Å². The van der Waals surface area contributed by atoms with Crippen LogP contribution in [0.3, 0.4) is 0 Å². The number of rotatable bonds is 5. The van der Waals surface area contributed by atoms with Gasteiger partial charge in [-0.3, -0.25) is 10.1 Å². The molecule has 0 bridgehead atoms. The van der Waals surface area contributed by atoms with Gasteiger partial charge in [0.05, 0.1) is 23.4 Å². The van der Waals surface area contributed by atoms with Crippen molar-refractivity contribution in [2.45, 2.75) is 18.9 Å². The Kier molecular flexibility index (Phi) is 5.67. The van der Waals surface area contributed by atoms with Crippen LogP contribution in [0.15, 0.2) is 82.1 Å². The Balaban J connectivity index is 1.26. The SMILES string of the molecule is O=C(Nc1nccc(-c2ccc3noc(-c4ccc(N5CCC(O)CC5)cc4)c3c2)n1)c1ccco1. The summed E-state index contributed by atoms with van der Waals surface area (Å²) in [6.07, 6.45) is 4.40. The number of hydrogen-bond donors (Lipinski definition) is 2. The molecule has 0 spiro atoms. The zero-order valence-corrected chi connectivity index (χ0v) is 19.3. The third-order valence-corrected chi connectivity index (χ3v) is 6.36. The maximum Gasteiger partial charge on any atom is 0.293 e. The molecule has 1 aliphatic rings. The molecule has 1 aliphatic heterocycles. The number of fused-ring (bicyclic) bond motifs is 1. The van der Waals surface area contributed by atoms with Gasteiger partial charge in [0.25, 0.3) is 5.91 Å². The standard InChI is InChI=1S/C27H23N5O4/c33-20-10-13-32(14-11-20)19-6-3-17(4-7-19)25-21-16-18(5-8-23(21)31-36-25)22-9-12-28-27(29-22)30-26(34)24-2-1-15-35-24/h1-9,12,15-16,20,33H,10-11,13-14H2,(H,28,29,30,34). The fraction of sp³-hybridized carbons (Fsp3) is 0.185. The van der Waals surface area contributed by atoms with Crippen LogP contribution in [-0.4, -0.2) is 45.3 Å². The van der Waals surface area contributed by atoms with Crippen molar-refractivity contribution in [2.24, 2.45) is 0 Å². The summed E-state index contributed by atoms with van der Waals surface area (Å²) in [7, 11) is 0. The highest BCUT2D eigenvalue weighted by Crippen LogP contribution is 2.33. The minimum absolute atomic E-state index is 0.181. The summed E-state index contributed by atoms with van der Waals surface area (Å²) < 4.78 is 10.8. The van der Waals surface area contributed by atoms with Gasteiger partial charge in [-0.25, -0.2) is 9.97 Å². The maximum absolute atomic E-state index is 12.3. The average molecular weight is 482 g/mol. The number of piperidine rings is 1. The number of benzene rings is 2. The van der Waals surface area contributed by atoms with Gasteiger partial charge in [0, 0.05) is 36.1 Å². The third-order valence-electron chi connectivity index (χ3n) is 6.36. The molecule has 4 heterocycles. The summed E-state index contributed by atoms with van der Waals surface area (Å²) >= 11 is 0. The van der Waals surface area contributed by atoms with Crippen molar-refractivity contribution >= 4 is 28.4 Å². The van der Waals surface area contributed by atoms with Crippen LogP contribution in [0.25, 0.3) is 33.5 Å². The Morgan fingerprint density at radius 2 is 1.83 bits per heavy atom. The Labute approximate surface area is 206 Å². The number of aliphatic hydroxyl groups is 1. The predicted octanol–water partition coefficient (Wildman–Crippen LogP) is 4.76. The molecule has 9 nitrogen and oxygen atoms in total. The predicted molar refractivity (Wildman–Crippen MR) is 135 cm³/mol. The lowest BCUT2D eigenvalue weighted by atomic mass is 10.0. The number of furan rings is 1. The first-order chi connectivity index (χ1) is 17.6. The topological polar surface area (TPSA) is 118 Å². The minimum Gasteiger partial charge on any atom is -0.459 e. The molecule has 0 radical (unpaired) electrons. The van der Waals surface area contributed by atoms with E-state index in [-0.39, 0.29) is 17.8 Å². The van der Waals surface area contributed by atoms with E-state index in [0.717, 1.165) is 53.6 Å². The zero-order chi connectivity index (χ0) is 24.5. The summed E-state index contributed by atoms with van der Waals surface area (Å²) in [5.41, 5.74) is 4.27. The molecule has 0 unspecified atom stereocenters. The Bertz CT molecular complexity index is 1500. The van der Waals surface area contributed by atoms with E-state index in [0.29, 0.717) is 11.5 Å². The van der Waals surface area contributed by atoms with Crippen LogP contribution >= 0.6 is 0 Å². The van der Waals surface area contributed by atoms with Crippen molar-refractivity contribution in [2.75, 3.05) is 23.3 Å². The lowest BCUT2D eigenvalue weighted by Gasteiger charge is -2.31. The van der Waals surface area contributed by atoms with Crippen molar-refractivity contribution < 1.29 is 18.8 Å². The first kappa shape index (κ1) is 22.0. The van der Waals surface area contributed by atoms with Crippen molar-refractivity contribution in [1.82, 2.24) is 15.1 Å². The van der Waals surface area contributed by atoms with Crippen molar-refractivity contribution in [1.29, 1.82) is 0 Å². The lowest BCUT2D eigenvalue weighted by molar-refractivity contribution is 0.0995. The van der Waals surface area contributed by atoms with E-state index in [9.17, 15) is 9.90 Å². The highest BCUT2D eigenvalue weighted by atomic mass is 16.5. The van der Waals surface area contributed by atoms with Crippen LogP contribution in [0.5, 0.6) is 0 Å². The molecule has 2 aromatic carbocycles. The first-order valence-corrected chi connectivity index (χ1v) is 11.8. The van der Waals surface area contributed by atoms with E-state index in [4.69, 9.17) is 8.94 Å². The number of carbonyl (C=O) groups is 1. The Morgan fingerprint density at radius 3 is 2.61 bits per heavy atom. The van der Waals surface area contributed by atoms with Crippen molar-refractivity contribution in [3.8, 4) is 22.6 Å². The van der Waals surface area contributed by atoms with Crippen LogP contribution in [0.1, 0.15) is 23.4 Å². The molecule has 2 N–H and O–H groups in total. The molecule has 36 heavy (non-hydrogen) atoms. The van der Waals surface area contributed by atoms with E-state index < -0.39 is 5.91 Å². The third kappa shape index (κ3) is 4.32. The summed E-state index contributed by atoms with van der Waals surface area (Å²) in [6, 6.07) is 19.0. The number of aliphatic hydroxyl groups excluding tert-OH is 1. The fourth-order valence-corrected chi connectivity index (χ4v) is 4.41. The van der Waals surface area contributed by atoms with Crippen molar-refractivity contribution in [3.05, 3.63) is 78.9 Å². The van der Waals surface area contributed by atoms with Gasteiger partial charge in [0.1, 0.15) is 5.52 Å². The van der Waals surface area contributed by atoms with Crippen LogP contribution in [-0.2, 0) is 0 Å². The van der Waals surface area contributed by atoms with E-state index >= 15 is 0 Å². The van der Waals surface area contributed by atoms with Gasteiger partial charge in [-0.15, -0.1) is 0 Å². The number of nitrogens with zero attached hydrogens (tertiary/aromatic N) is 4. The number of amides is 1. The summed E-state index contributed by atoms with van der Waals surface area (Å²) in [6.45, 7) is 1.69. The van der Waals surface area contributed by atoms with Gasteiger partial charge in [0.15, 0.2) is 11.5 Å². The average Bonchev–Trinajstić information content (AvgIpc) is 3.60. The lowest BCUT2D eigenvalue weighted by Crippen LogP contribution is -2.35. The highest BCUT2D eigenvalue weighted by Gasteiger charge is 2.18. The fourth-order valence-electron chi connectivity index (χ4n) is 4.41. The molecule has 1 amide bonds. The zero-order valence-electron chi connectivity index (χ0n) is 19.3. The van der Waals surface area contributed by atoms with Crippen LogP contribution in [0, 0.1) is 0 Å². The molecule has 0 atom stereocenters. The molecule has 180 valence electrons. The van der Waals surface area contributed by atoms with Crippen LogP contribution < -0.4 is 10.2 Å². The van der Waals surface area contributed by atoms with E-state index in [1.807, 2.05) is 30.3 Å².